The summed E-state index contributed by atoms with van der Waals surface area (Å²) in [6.07, 6.45) is 3.52. The number of para-hydroxylation sites is 1. The van der Waals surface area contributed by atoms with Crippen molar-refractivity contribution in [3.63, 3.8) is 0 Å². The number of benzene rings is 1. The van der Waals surface area contributed by atoms with Gasteiger partial charge in [0.1, 0.15) is 12.4 Å². The maximum absolute atomic E-state index is 12.1. The summed E-state index contributed by atoms with van der Waals surface area (Å²) in [6.45, 7) is 3.82. The SMILES string of the molecule is CCNCc1nccn1CC(=O)Nc1ccccc1Br. The summed E-state index contributed by atoms with van der Waals surface area (Å²) in [5, 5.41) is 6.08. The number of hydrogen-bond donors (Lipinski definition) is 2. The molecule has 0 saturated heterocycles. The Kier molecular flexibility index (Phi) is 5.31. The van der Waals surface area contributed by atoms with Crippen LogP contribution in [-0.2, 0) is 17.9 Å². The Morgan fingerprint density at radius 3 is 2.95 bits per heavy atom. The van der Waals surface area contributed by atoms with E-state index in [-0.39, 0.29) is 12.5 Å². The predicted molar refractivity (Wildman–Crippen MR) is 82.4 cm³/mol. The molecule has 0 aliphatic carbocycles. The molecule has 0 spiro atoms. The summed E-state index contributed by atoms with van der Waals surface area (Å²) >= 11 is 3.41. The van der Waals surface area contributed by atoms with E-state index < -0.39 is 0 Å². The molecule has 0 aliphatic heterocycles. The lowest BCUT2D eigenvalue weighted by molar-refractivity contribution is -0.116. The number of amides is 1. The molecule has 0 bridgehead atoms. The normalized spacial score (nSPS) is 10.5. The first-order chi connectivity index (χ1) is 9.70. The van der Waals surface area contributed by atoms with Crippen LogP contribution >= 0.6 is 15.9 Å². The van der Waals surface area contributed by atoms with Crippen molar-refractivity contribution in [1.82, 2.24) is 14.9 Å². The molecule has 106 valence electrons. The van der Waals surface area contributed by atoms with Gasteiger partial charge in [-0.05, 0) is 34.6 Å². The Balaban J connectivity index is 1.98. The number of hydrogen-bond acceptors (Lipinski definition) is 3. The summed E-state index contributed by atoms with van der Waals surface area (Å²) in [4.78, 5) is 16.3. The Hall–Kier alpha value is -1.66. The van der Waals surface area contributed by atoms with Crippen LogP contribution in [0.1, 0.15) is 12.7 Å². The molecule has 0 unspecified atom stereocenters. The van der Waals surface area contributed by atoms with Crippen LogP contribution in [-0.4, -0.2) is 22.0 Å². The molecule has 0 atom stereocenters. The van der Waals surface area contributed by atoms with Gasteiger partial charge in [0.2, 0.25) is 5.91 Å². The van der Waals surface area contributed by atoms with Crippen molar-refractivity contribution in [2.75, 3.05) is 11.9 Å². The lowest BCUT2D eigenvalue weighted by Crippen LogP contribution is -2.22. The van der Waals surface area contributed by atoms with Crippen molar-refractivity contribution in [2.45, 2.75) is 20.0 Å². The summed E-state index contributed by atoms with van der Waals surface area (Å²) in [6, 6.07) is 7.54. The molecule has 1 aromatic carbocycles. The quantitative estimate of drug-likeness (QED) is 0.851. The Morgan fingerprint density at radius 2 is 2.20 bits per heavy atom. The summed E-state index contributed by atoms with van der Waals surface area (Å²) in [5.41, 5.74) is 0.769. The van der Waals surface area contributed by atoms with Crippen LogP contribution < -0.4 is 10.6 Å². The maximum Gasteiger partial charge on any atom is 0.244 e. The zero-order valence-corrected chi connectivity index (χ0v) is 12.9. The standard InChI is InChI=1S/C14H17BrN4O/c1-2-16-9-13-17-7-8-19(13)10-14(20)18-12-6-4-3-5-11(12)15/h3-8,16H,2,9-10H2,1H3,(H,18,20). The highest BCUT2D eigenvalue weighted by atomic mass is 79.9. The summed E-state index contributed by atoms with van der Waals surface area (Å²) < 4.78 is 2.71. The number of anilines is 1. The highest BCUT2D eigenvalue weighted by molar-refractivity contribution is 9.10. The van der Waals surface area contributed by atoms with E-state index in [9.17, 15) is 4.79 Å². The third-order valence-corrected chi connectivity index (χ3v) is 3.49. The highest BCUT2D eigenvalue weighted by Gasteiger charge is 2.09. The lowest BCUT2D eigenvalue weighted by Gasteiger charge is -2.10. The number of aromatic nitrogens is 2. The molecule has 0 aliphatic rings. The number of rotatable bonds is 6. The van der Waals surface area contributed by atoms with E-state index in [2.05, 4.69) is 31.5 Å². The van der Waals surface area contributed by atoms with E-state index in [1.54, 1.807) is 6.20 Å². The van der Waals surface area contributed by atoms with Gasteiger partial charge in [0.15, 0.2) is 0 Å². The van der Waals surface area contributed by atoms with Crippen molar-refractivity contribution < 1.29 is 4.79 Å². The van der Waals surface area contributed by atoms with Gasteiger partial charge in [-0.25, -0.2) is 4.98 Å². The van der Waals surface area contributed by atoms with Crippen LogP contribution in [0, 0.1) is 0 Å². The van der Waals surface area contributed by atoms with Gasteiger partial charge in [0, 0.05) is 16.9 Å². The zero-order chi connectivity index (χ0) is 14.4. The summed E-state index contributed by atoms with van der Waals surface area (Å²) in [7, 11) is 0. The van der Waals surface area contributed by atoms with Gasteiger partial charge in [-0.15, -0.1) is 0 Å². The van der Waals surface area contributed by atoms with E-state index in [1.807, 2.05) is 42.0 Å². The second kappa shape index (κ2) is 7.21. The first-order valence-corrected chi connectivity index (χ1v) is 7.25. The Bertz CT molecular complexity index is 582. The van der Waals surface area contributed by atoms with E-state index in [0.29, 0.717) is 6.54 Å². The minimum Gasteiger partial charge on any atom is -0.324 e. The number of imidazole rings is 1. The van der Waals surface area contributed by atoms with Crippen LogP contribution in [0.5, 0.6) is 0 Å². The lowest BCUT2D eigenvalue weighted by atomic mass is 10.3. The molecule has 6 heteroatoms. The molecule has 5 nitrogen and oxygen atoms in total. The smallest absolute Gasteiger partial charge is 0.244 e. The minimum atomic E-state index is -0.0763. The second-order valence-corrected chi connectivity index (χ2v) is 5.13. The largest absolute Gasteiger partial charge is 0.324 e. The highest BCUT2D eigenvalue weighted by Crippen LogP contribution is 2.21. The van der Waals surface area contributed by atoms with Crippen molar-refractivity contribution in [3.8, 4) is 0 Å². The molecular weight excluding hydrogens is 320 g/mol. The molecule has 2 N–H and O–H groups in total. The molecule has 1 amide bonds. The molecule has 2 aromatic rings. The van der Waals surface area contributed by atoms with Crippen molar-refractivity contribution >= 4 is 27.5 Å². The molecule has 1 aromatic heterocycles. The first kappa shape index (κ1) is 14.7. The van der Waals surface area contributed by atoms with E-state index in [0.717, 1.165) is 22.5 Å². The fourth-order valence-electron chi connectivity index (χ4n) is 1.80. The first-order valence-electron chi connectivity index (χ1n) is 6.45. The second-order valence-electron chi connectivity index (χ2n) is 4.28. The minimum absolute atomic E-state index is 0.0763. The van der Waals surface area contributed by atoms with Gasteiger partial charge in [-0.1, -0.05) is 19.1 Å². The van der Waals surface area contributed by atoms with Gasteiger partial charge in [0.25, 0.3) is 0 Å². The molecule has 0 saturated carbocycles. The van der Waals surface area contributed by atoms with Gasteiger partial charge in [-0.3, -0.25) is 4.79 Å². The summed E-state index contributed by atoms with van der Waals surface area (Å²) in [5.74, 6) is 0.779. The van der Waals surface area contributed by atoms with E-state index >= 15 is 0 Å². The van der Waals surface area contributed by atoms with Gasteiger partial charge in [-0.2, -0.15) is 0 Å². The van der Waals surface area contributed by atoms with Gasteiger partial charge in [0.05, 0.1) is 12.2 Å². The van der Waals surface area contributed by atoms with Crippen LogP contribution in [0.15, 0.2) is 41.1 Å². The molecule has 2 rings (SSSR count). The predicted octanol–water partition coefficient (Wildman–Crippen LogP) is 2.39. The monoisotopic (exact) mass is 336 g/mol. The van der Waals surface area contributed by atoms with Crippen LogP contribution in [0.2, 0.25) is 0 Å². The van der Waals surface area contributed by atoms with E-state index in [1.165, 1.54) is 0 Å². The molecule has 1 heterocycles. The number of carbonyl (C=O) groups is 1. The maximum atomic E-state index is 12.1. The van der Waals surface area contributed by atoms with Crippen LogP contribution in [0.25, 0.3) is 0 Å². The van der Waals surface area contributed by atoms with Crippen molar-refractivity contribution in [1.29, 1.82) is 0 Å². The molecular formula is C14H17BrN4O. The zero-order valence-electron chi connectivity index (χ0n) is 11.3. The average molecular weight is 337 g/mol. The van der Waals surface area contributed by atoms with Crippen LogP contribution in [0.4, 0.5) is 5.69 Å². The number of nitrogens with one attached hydrogen (secondary N) is 2. The number of halogens is 1. The number of carbonyl (C=O) groups excluding carboxylic acids is 1. The Morgan fingerprint density at radius 1 is 1.40 bits per heavy atom. The Labute approximate surface area is 126 Å². The number of nitrogens with zero attached hydrogens (tertiary/aromatic N) is 2. The third kappa shape index (κ3) is 3.91. The molecule has 20 heavy (non-hydrogen) atoms. The van der Waals surface area contributed by atoms with E-state index in [4.69, 9.17) is 0 Å². The fraction of sp³-hybridized carbons (Fsp3) is 0.286. The molecule has 0 fully saturated rings. The third-order valence-electron chi connectivity index (χ3n) is 2.80. The fourth-order valence-corrected chi connectivity index (χ4v) is 2.18. The van der Waals surface area contributed by atoms with Gasteiger partial charge < -0.3 is 15.2 Å². The average Bonchev–Trinajstić information content (AvgIpc) is 2.86. The topological polar surface area (TPSA) is 59.0 Å². The molecule has 0 radical (unpaired) electrons. The van der Waals surface area contributed by atoms with Gasteiger partial charge >= 0.3 is 0 Å². The van der Waals surface area contributed by atoms with Crippen molar-refractivity contribution in [3.05, 3.63) is 47.0 Å². The van der Waals surface area contributed by atoms with Crippen LogP contribution in [0.3, 0.4) is 0 Å². The van der Waals surface area contributed by atoms with Crippen molar-refractivity contribution in [2.24, 2.45) is 0 Å².